The molecule has 0 spiro atoms. The largest absolute Gasteiger partial charge is 0.496 e. The Hall–Kier alpha value is -6.55. The molecule has 5 amide bonds. The number of nitrogens with one attached hydrogen (secondary N) is 3. The number of carbonyl (C=O) groups excluding carboxylic acids is 8. The van der Waals surface area contributed by atoms with E-state index >= 15 is 0 Å². The maximum absolute atomic E-state index is 14.5. The van der Waals surface area contributed by atoms with E-state index in [1.165, 1.54) is 38.4 Å². The molecule has 1 saturated carbocycles. The Kier molecular flexibility index (Phi) is 23.8. The number of primary amides is 1. The first-order valence-electron chi connectivity index (χ1n) is 29.1. The van der Waals surface area contributed by atoms with Gasteiger partial charge in [-0.2, -0.15) is 0 Å². The van der Waals surface area contributed by atoms with Crippen molar-refractivity contribution in [3.05, 3.63) is 70.3 Å². The van der Waals surface area contributed by atoms with Gasteiger partial charge in [-0.3, -0.25) is 34.1 Å². The third-order valence-electron chi connectivity index (χ3n) is 16.7. The maximum Gasteiger partial charge on any atom is 0.412 e. The van der Waals surface area contributed by atoms with Gasteiger partial charge in [0, 0.05) is 75.5 Å². The first-order valence-corrected chi connectivity index (χ1v) is 29.5. The first-order chi connectivity index (χ1) is 39.8. The smallest absolute Gasteiger partial charge is 0.412 e. The average molecular weight is 1190 g/mol. The van der Waals surface area contributed by atoms with Gasteiger partial charge in [-0.1, -0.05) is 68.7 Å². The van der Waals surface area contributed by atoms with Crippen molar-refractivity contribution in [3.8, 4) is 11.5 Å². The van der Waals surface area contributed by atoms with Crippen molar-refractivity contribution in [1.82, 2.24) is 10.6 Å². The van der Waals surface area contributed by atoms with Gasteiger partial charge < -0.3 is 59.5 Å². The molecule has 462 valence electrons. The van der Waals surface area contributed by atoms with E-state index in [2.05, 4.69) is 16.0 Å². The number of esters is 2. The zero-order chi connectivity index (χ0) is 61.6. The zero-order valence-electron chi connectivity index (χ0n) is 50.2. The third kappa shape index (κ3) is 17.8. The number of aliphatic hydroxyl groups is 1. The Balaban J connectivity index is 1.17. The minimum Gasteiger partial charge on any atom is -0.496 e. The number of fused-ring (bicyclic) bond motifs is 5. The zero-order valence-corrected chi connectivity index (χ0v) is 50.9. The number of unbranched alkanes of at least 4 members (excludes halogenated alkanes) is 1. The van der Waals surface area contributed by atoms with Gasteiger partial charge in [0.05, 0.1) is 56.9 Å². The number of hydrogen-bond acceptors (Lipinski definition) is 16. The molecule has 21 nitrogen and oxygen atoms in total. The van der Waals surface area contributed by atoms with Crippen molar-refractivity contribution >= 4 is 70.4 Å². The van der Waals surface area contributed by atoms with E-state index in [0.29, 0.717) is 42.7 Å². The SMILES string of the molecule is COc1cc(NC(=O)O[C@H]2CC(=O)N(C)c3cc(cc(OC)c3Cl)C/C(C)=C/C=C/[C@@H](OC)[C@]3(O)CC(=O)O[C@@H](C3)[C@@H](C)[C@@H]3O[C@@]23C)ccc1CC(=O)[C@H](CCCNC(N)=O)NC(=O)[C@@H](CC(=O)CCCCC(C)OC(=O)C1CCC1)C(C)C. The number of ketones is 2. The van der Waals surface area contributed by atoms with Crippen molar-refractivity contribution in [1.29, 1.82) is 0 Å². The van der Waals surface area contributed by atoms with Crippen molar-refractivity contribution in [2.75, 3.05) is 45.1 Å². The number of methoxy groups -OCH3 is 3. The predicted molar refractivity (Wildman–Crippen MR) is 314 cm³/mol. The molecule has 6 N–H and O–H groups in total. The van der Waals surface area contributed by atoms with Crippen molar-refractivity contribution in [2.45, 2.75) is 186 Å². The fourth-order valence-corrected chi connectivity index (χ4v) is 11.6. The minimum absolute atomic E-state index is 0.00268. The molecule has 1 unspecified atom stereocenters. The number of epoxide rings is 1. The van der Waals surface area contributed by atoms with Crippen LogP contribution in [-0.4, -0.2) is 135 Å². The van der Waals surface area contributed by atoms with Crippen molar-refractivity contribution in [2.24, 2.45) is 29.4 Å². The Bertz CT molecular complexity index is 2780. The normalized spacial score (nSPS) is 25.7. The molecule has 2 aromatic rings. The van der Waals surface area contributed by atoms with Gasteiger partial charge in [0.15, 0.2) is 5.78 Å². The van der Waals surface area contributed by atoms with Gasteiger partial charge in [0.25, 0.3) is 0 Å². The number of hydrogen-bond donors (Lipinski definition) is 5. The Morgan fingerprint density at radius 2 is 1.70 bits per heavy atom. The molecular formula is C62H86ClN5O16. The molecule has 84 heavy (non-hydrogen) atoms. The second-order valence-corrected chi connectivity index (χ2v) is 23.9. The summed E-state index contributed by atoms with van der Waals surface area (Å²) in [5.41, 5.74) is 4.96. The molecule has 4 aliphatic rings. The topological polar surface area (TPSA) is 290 Å². The molecule has 3 aliphatic heterocycles. The standard InChI is InChI=1S/C62H86ClN5O16/c1-35(2)44(31-43(69)20-12-11-17-37(4)81-58(74)40-18-14-19-40)57(73)67-45(21-15-25-65-59(64)75)47(70)29-41-23-24-42(30-48(41)78-8)66-60(76)83-52-32-53(71)68(7)46-27-39(28-49(79-9)55(46)63)26-36(3)16-13-22-51(80-10)62(77)33-50(82-54(72)34-62)38(5)56-61(52,6)84-56/h13,16,22-24,27-28,30,35,37-38,40,44-45,50-52,56,77H,11-12,14-15,17-21,25-26,29,31-34H2,1-10H3,(H,66,76)(H,67,73)(H3,64,65,75)/b22-13+,36-16+/t37?,38-,44+,45+,50+,51-,52+,56+,61+,62-/m1/s1. The van der Waals surface area contributed by atoms with Crippen LogP contribution in [0.1, 0.15) is 136 Å². The average Bonchev–Trinajstić information content (AvgIpc) is 1.68. The lowest BCUT2D eigenvalue weighted by atomic mass is 9.78. The van der Waals surface area contributed by atoms with Crippen molar-refractivity contribution in [3.63, 3.8) is 0 Å². The number of nitrogens with two attached hydrogens (primary N) is 1. The second-order valence-electron chi connectivity index (χ2n) is 23.5. The van der Waals surface area contributed by atoms with E-state index in [4.69, 9.17) is 50.5 Å². The first kappa shape index (κ1) is 66.6. The van der Waals surface area contributed by atoms with Crippen LogP contribution in [0.3, 0.4) is 0 Å². The number of ether oxygens (including phenoxy) is 7. The maximum atomic E-state index is 14.5. The van der Waals surface area contributed by atoms with Crippen LogP contribution in [0.25, 0.3) is 0 Å². The number of nitrogens with zero attached hydrogens (tertiary/aromatic N) is 1. The number of allylic oxidation sites excluding steroid dienone is 3. The molecule has 4 bridgehead atoms. The summed E-state index contributed by atoms with van der Waals surface area (Å²) in [5.74, 6) is -3.27. The van der Waals surface area contributed by atoms with Gasteiger partial charge in [-0.25, -0.2) is 9.59 Å². The quantitative estimate of drug-likeness (QED) is 0.0286. The summed E-state index contributed by atoms with van der Waals surface area (Å²) in [5, 5.41) is 20.3. The summed E-state index contributed by atoms with van der Waals surface area (Å²) in [6.45, 7) is 11.1. The highest BCUT2D eigenvalue weighted by Crippen LogP contribution is 2.50. The molecule has 22 heteroatoms. The summed E-state index contributed by atoms with van der Waals surface area (Å²) in [4.78, 5) is 108. The lowest BCUT2D eigenvalue weighted by molar-refractivity contribution is -0.187. The van der Waals surface area contributed by atoms with Crippen LogP contribution in [0.15, 0.2) is 54.1 Å². The molecule has 6 rings (SSSR count). The molecule has 3 heterocycles. The number of rotatable bonds is 24. The highest BCUT2D eigenvalue weighted by molar-refractivity contribution is 6.35. The van der Waals surface area contributed by atoms with Gasteiger partial charge >= 0.3 is 24.1 Å². The number of halogens is 1. The van der Waals surface area contributed by atoms with Crippen LogP contribution < -0.4 is 36.1 Å². The van der Waals surface area contributed by atoms with Gasteiger partial charge in [0.1, 0.15) is 51.8 Å². The molecule has 1 aliphatic carbocycles. The Labute approximate surface area is 497 Å². The van der Waals surface area contributed by atoms with Crippen LogP contribution in [0.2, 0.25) is 5.02 Å². The van der Waals surface area contributed by atoms with Gasteiger partial charge in [0.2, 0.25) is 11.8 Å². The number of amides is 5. The van der Waals surface area contributed by atoms with E-state index in [0.717, 1.165) is 30.4 Å². The fourth-order valence-electron chi connectivity index (χ4n) is 11.3. The van der Waals surface area contributed by atoms with Crippen LogP contribution in [0.5, 0.6) is 11.5 Å². The lowest BCUT2D eigenvalue weighted by Crippen LogP contribution is -2.53. The van der Waals surface area contributed by atoms with Crippen LogP contribution in [0, 0.1) is 23.7 Å². The van der Waals surface area contributed by atoms with E-state index in [-0.39, 0.29) is 103 Å². The van der Waals surface area contributed by atoms with Gasteiger partial charge in [-0.05, 0) is 102 Å². The minimum atomic E-state index is -1.65. The number of anilines is 2. The third-order valence-corrected chi connectivity index (χ3v) is 17.1. The number of Topliss-reactive ketones (excluding diaryl/α,β-unsaturated/α-hetero) is 2. The molecule has 10 atom stereocenters. The predicted octanol–water partition coefficient (Wildman–Crippen LogP) is 8.20. The molecule has 2 aromatic carbocycles. The fraction of sp³-hybridized carbons (Fsp3) is 0.613. The highest BCUT2D eigenvalue weighted by Gasteiger charge is 2.64. The molecule has 0 radical (unpaired) electrons. The monoisotopic (exact) mass is 1190 g/mol. The molecule has 2 saturated heterocycles. The van der Waals surface area contributed by atoms with E-state index in [1.54, 1.807) is 51.2 Å². The highest BCUT2D eigenvalue weighted by atomic mass is 35.5. The Morgan fingerprint density at radius 3 is 2.36 bits per heavy atom. The lowest BCUT2D eigenvalue weighted by Gasteiger charge is -2.41. The number of benzene rings is 2. The summed E-state index contributed by atoms with van der Waals surface area (Å²) < 4.78 is 41.0. The second kappa shape index (κ2) is 30.0. The number of carbonyl (C=O) groups is 8. The number of urea groups is 1. The summed E-state index contributed by atoms with van der Waals surface area (Å²) in [6, 6.07) is 6.37. The van der Waals surface area contributed by atoms with E-state index in [1.807, 2.05) is 33.8 Å². The molecule has 3 fully saturated rings. The van der Waals surface area contributed by atoms with Gasteiger partial charge in [-0.15, -0.1) is 0 Å². The Morgan fingerprint density at radius 1 is 0.976 bits per heavy atom. The van der Waals surface area contributed by atoms with Crippen LogP contribution in [-0.2, 0) is 65.3 Å². The van der Waals surface area contributed by atoms with E-state index < -0.39 is 89.8 Å². The van der Waals surface area contributed by atoms with Crippen LogP contribution in [0.4, 0.5) is 21.0 Å². The van der Waals surface area contributed by atoms with E-state index in [9.17, 15) is 43.5 Å². The molecular weight excluding hydrogens is 1110 g/mol. The summed E-state index contributed by atoms with van der Waals surface area (Å²) in [7, 11) is 5.86. The molecule has 0 aromatic heterocycles. The van der Waals surface area contributed by atoms with Crippen LogP contribution >= 0.6 is 11.6 Å². The summed E-state index contributed by atoms with van der Waals surface area (Å²) in [6.07, 6.45) is 5.09. The summed E-state index contributed by atoms with van der Waals surface area (Å²) >= 11 is 6.86. The van der Waals surface area contributed by atoms with Crippen molar-refractivity contribution < 1.29 is 76.6 Å².